The van der Waals surface area contributed by atoms with E-state index in [1.54, 1.807) is 6.07 Å². The summed E-state index contributed by atoms with van der Waals surface area (Å²) in [6.07, 6.45) is 2.12. The van der Waals surface area contributed by atoms with Crippen LogP contribution in [0, 0.1) is 0 Å². The second-order valence-corrected chi connectivity index (χ2v) is 3.38. The van der Waals surface area contributed by atoms with Crippen molar-refractivity contribution in [2.45, 2.75) is 19.8 Å². The Morgan fingerprint density at radius 2 is 2.00 bits per heavy atom. The molecule has 72 valence electrons. The molecule has 0 aliphatic carbocycles. The first kappa shape index (κ1) is 9.00. The highest BCUT2D eigenvalue weighted by atomic mass is 16.4. The Balaban J connectivity index is 2.58. The second kappa shape index (κ2) is 3.66. The number of fused-ring (bicyclic) bond motifs is 1. The van der Waals surface area contributed by atoms with Crippen molar-refractivity contribution in [3.05, 3.63) is 46.3 Å². The maximum atomic E-state index is 11.0. The van der Waals surface area contributed by atoms with Crippen molar-refractivity contribution in [3.63, 3.8) is 0 Å². The number of benzene rings is 1. The van der Waals surface area contributed by atoms with E-state index in [2.05, 4.69) is 13.0 Å². The van der Waals surface area contributed by atoms with Crippen LogP contribution in [0.5, 0.6) is 0 Å². The molecule has 0 saturated heterocycles. The van der Waals surface area contributed by atoms with Crippen molar-refractivity contribution in [3.8, 4) is 0 Å². The Labute approximate surface area is 82.2 Å². The molecule has 2 nitrogen and oxygen atoms in total. The SMILES string of the molecule is CCCc1ccc2ccc(=O)oc2c1. The van der Waals surface area contributed by atoms with Gasteiger partial charge in [0.05, 0.1) is 0 Å². The molecule has 2 heteroatoms. The molecular formula is C12H12O2. The normalized spacial score (nSPS) is 10.6. The van der Waals surface area contributed by atoms with Gasteiger partial charge in [-0.15, -0.1) is 0 Å². The van der Waals surface area contributed by atoms with Crippen LogP contribution in [0.4, 0.5) is 0 Å². The van der Waals surface area contributed by atoms with Crippen LogP contribution in [0.2, 0.25) is 0 Å². The van der Waals surface area contributed by atoms with Gasteiger partial charge in [-0.1, -0.05) is 25.5 Å². The molecule has 0 aliphatic heterocycles. The Morgan fingerprint density at radius 1 is 1.21 bits per heavy atom. The van der Waals surface area contributed by atoms with Crippen LogP contribution in [0.25, 0.3) is 11.0 Å². The van der Waals surface area contributed by atoms with Crippen molar-refractivity contribution < 1.29 is 4.42 Å². The fraction of sp³-hybridized carbons (Fsp3) is 0.250. The summed E-state index contributed by atoms with van der Waals surface area (Å²) in [6.45, 7) is 2.13. The average Bonchev–Trinajstić information content (AvgIpc) is 2.17. The minimum absolute atomic E-state index is 0.286. The van der Waals surface area contributed by atoms with Gasteiger partial charge in [-0.05, 0) is 24.1 Å². The van der Waals surface area contributed by atoms with Crippen molar-refractivity contribution in [2.75, 3.05) is 0 Å². The molecule has 1 aromatic carbocycles. The fourth-order valence-electron chi connectivity index (χ4n) is 1.55. The van der Waals surface area contributed by atoms with Gasteiger partial charge >= 0.3 is 5.63 Å². The predicted molar refractivity (Wildman–Crippen MR) is 56.5 cm³/mol. The van der Waals surface area contributed by atoms with Crippen LogP contribution in [0.15, 0.2) is 39.5 Å². The third-order valence-electron chi connectivity index (χ3n) is 2.23. The van der Waals surface area contributed by atoms with E-state index in [4.69, 9.17) is 4.42 Å². The van der Waals surface area contributed by atoms with E-state index in [-0.39, 0.29) is 5.63 Å². The van der Waals surface area contributed by atoms with Gasteiger partial charge in [0.2, 0.25) is 0 Å². The van der Waals surface area contributed by atoms with Crippen molar-refractivity contribution in [1.29, 1.82) is 0 Å². The zero-order valence-corrected chi connectivity index (χ0v) is 8.12. The van der Waals surface area contributed by atoms with Crippen molar-refractivity contribution >= 4 is 11.0 Å². The highest BCUT2D eigenvalue weighted by Gasteiger charge is 1.98. The number of hydrogen-bond donors (Lipinski definition) is 0. The third-order valence-corrected chi connectivity index (χ3v) is 2.23. The summed E-state index contributed by atoms with van der Waals surface area (Å²) in [5.74, 6) is 0. The summed E-state index contributed by atoms with van der Waals surface area (Å²) in [6, 6.07) is 9.24. The Bertz CT molecular complexity index is 497. The van der Waals surface area contributed by atoms with Gasteiger partial charge in [0.1, 0.15) is 5.58 Å². The molecule has 0 fully saturated rings. The maximum Gasteiger partial charge on any atom is 0.336 e. The zero-order valence-electron chi connectivity index (χ0n) is 8.12. The van der Waals surface area contributed by atoms with Crippen LogP contribution >= 0.6 is 0 Å². The molecular weight excluding hydrogens is 176 g/mol. The van der Waals surface area contributed by atoms with Gasteiger partial charge in [0.25, 0.3) is 0 Å². The summed E-state index contributed by atoms with van der Waals surface area (Å²) in [4.78, 5) is 11.0. The highest BCUT2D eigenvalue weighted by molar-refractivity contribution is 5.76. The standard InChI is InChI=1S/C12H12O2/c1-2-3-9-4-5-10-6-7-12(13)14-11(10)8-9/h4-8H,2-3H2,1H3. The molecule has 0 N–H and O–H groups in total. The molecule has 0 bridgehead atoms. The minimum atomic E-state index is -0.286. The summed E-state index contributed by atoms with van der Waals surface area (Å²) in [7, 11) is 0. The average molecular weight is 188 g/mol. The lowest BCUT2D eigenvalue weighted by atomic mass is 10.1. The second-order valence-electron chi connectivity index (χ2n) is 3.38. The van der Waals surface area contributed by atoms with E-state index in [9.17, 15) is 4.79 Å². The van der Waals surface area contributed by atoms with E-state index < -0.39 is 0 Å². The van der Waals surface area contributed by atoms with Gasteiger partial charge < -0.3 is 4.42 Å². The first-order valence-electron chi connectivity index (χ1n) is 4.82. The number of rotatable bonds is 2. The quantitative estimate of drug-likeness (QED) is 0.678. The van der Waals surface area contributed by atoms with E-state index in [0.29, 0.717) is 5.58 Å². The molecule has 1 aromatic heterocycles. The molecule has 14 heavy (non-hydrogen) atoms. The summed E-state index contributed by atoms with van der Waals surface area (Å²) in [5.41, 5.74) is 1.61. The first-order valence-corrected chi connectivity index (χ1v) is 4.82. The summed E-state index contributed by atoms with van der Waals surface area (Å²) in [5, 5.41) is 0.976. The minimum Gasteiger partial charge on any atom is -0.423 e. The van der Waals surface area contributed by atoms with Crippen LogP contribution in [-0.2, 0) is 6.42 Å². The van der Waals surface area contributed by atoms with Crippen LogP contribution in [0.3, 0.4) is 0 Å². The topological polar surface area (TPSA) is 30.2 Å². The van der Waals surface area contributed by atoms with Gasteiger partial charge in [0, 0.05) is 11.5 Å². The Kier molecular flexibility index (Phi) is 2.35. The third kappa shape index (κ3) is 1.69. The lowest BCUT2D eigenvalue weighted by Gasteiger charge is -2.00. The molecule has 1 heterocycles. The van der Waals surface area contributed by atoms with E-state index in [0.717, 1.165) is 18.2 Å². The highest BCUT2D eigenvalue weighted by Crippen LogP contribution is 2.14. The first-order chi connectivity index (χ1) is 6.79. The van der Waals surface area contributed by atoms with Gasteiger partial charge in [-0.2, -0.15) is 0 Å². The van der Waals surface area contributed by atoms with Gasteiger partial charge in [-0.3, -0.25) is 0 Å². The largest absolute Gasteiger partial charge is 0.423 e. The smallest absolute Gasteiger partial charge is 0.336 e. The van der Waals surface area contributed by atoms with Gasteiger partial charge in [-0.25, -0.2) is 4.79 Å². The lowest BCUT2D eigenvalue weighted by molar-refractivity contribution is 0.560. The van der Waals surface area contributed by atoms with E-state index in [1.807, 2.05) is 12.1 Å². The van der Waals surface area contributed by atoms with Crippen LogP contribution in [0.1, 0.15) is 18.9 Å². The molecule has 0 amide bonds. The molecule has 0 unspecified atom stereocenters. The van der Waals surface area contributed by atoms with E-state index in [1.165, 1.54) is 11.6 Å². The number of aryl methyl sites for hydroxylation is 1. The lowest BCUT2D eigenvalue weighted by Crippen LogP contribution is -1.94. The fourth-order valence-corrected chi connectivity index (χ4v) is 1.55. The van der Waals surface area contributed by atoms with Crippen molar-refractivity contribution in [2.24, 2.45) is 0 Å². The Morgan fingerprint density at radius 3 is 2.79 bits per heavy atom. The van der Waals surface area contributed by atoms with Crippen molar-refractivity contribution in [1.82, 2.24) is 0 Å². The molecule has 0 aliphatic rings. The molecule has 0 atom stereocenters. The summed E-state index contributed by atoms with van der Waals surface area (Å²) < 4.78 is 5.09. The molecule has 0 radical (unpaired) electrons. The molecule has 2 aromatic rings. The number of hydrogen-bond acceptors (Lipinski definition) is 2. The Hall–Kier alpha value is -1.57. The van der Waals surface area contributed by atoms with Gasteiger partial charge in [0.15, 0.2) is 0 Å². The molecule has 2 rings (SSSR count). The zero-order chi connectivity index (χ0) is 9.97. The molecule has 0 spiro atoms. The summed E-state index contributed by atoms with van der Waals surface area (Å²) >= 11 is 0. The predicted octanol–water partition coefficient (Wildman–Crippen LogP) is 2.75. The molecule has 0 saturated carbocycles. The van der Waals surface area contributed by atoms with Crippen LogP contribution in [-0.4, -0.2) is 0 Å². The van der Waals surface area contributed by atoms with Crippen LogP contribution < -0.4 is 5.63 Å². The monoisotopic (exact) mass is 188 g/mol. The maximum absolute atomic E-state index is 11.0. The van der Waals surface area contributed by atoms with E-state index >= 15 is 0 Å².